The first-order valence-corrected chi connectivity index (χ1v) is 24.7. The fourth-order valence-corrected chi connectivity index (χ4v) is 10.2. The van der Waals surface area contributed by atoms with E-state index in [0.29, 0.717) is 29.9 Å². The number of carbonyl (C=O) groups is 1. The van der Waals surface area contributed by atoms with Crippen LogP contribution in [0.3, 0.4) is 0 Å². The SMILES string of the molecule is COc1ccc(COC/C=C/[C@@H](C[C@@H](O)[C@@H](C)C(=O)O[C@H](c2ccccc2)[C@H](C)N(Cc2ccccc2)S(=O)(=O)c2c(C)cc(C)cc2C)O[Si](C)(C)C(C)(C)C)cc1. The van der Waals surface area contributed by atoms with Crippen molar-refractivity contribution in [1.82, 2.24) is 4.31 Å². The molecule has 1 N–H and O–H groups in total. The summed E-state index contributed by atoms with van der Waals surface area (Å²) in [5.41, 5.74) is 4.70. The number of aryl methyl sites for hydroxylation is 3. The zero-order chi connectivity index (χ0) is 43.5. The lowest BCUT2D eigenvalue weighted by Gasteiger charge is -2.39. The number of hydrogen-bond donors (Lipinski definition) is 1. The molecule has 0 saturated heterocycles. The molecular weight excluding hydrogens is 779 g/mol. The summed E-state index contributed by atoms with van der Waals surface area (Å²) in [5.74, 6) is -0.822. The smallest absolute Gasteiger partial charge is 0.311 e. The van der Waals surface area contributed by atoms with E-state index in [2.05, 4.69) is 33.9 Å². The first kappa shape index (κ1) is 47.6. The molecule has 0 radical (unpaired) electrons. The summed E-state index contributed by atoms with van der Waals surface area (Å²) < 4.78 is 55.4. The highest BCUT2D eigenvalue weighted by Crippen LogP contribution is 2.39. The first-order valence-electron chi connectivity index (χ1n) is 20.4. The molecule has 4 rings (SSSR count). The maximum atomic E-state index is 14.8. The lowest BCUT2D eigenvalue weighted by Crippen LogP contribution is -2.45. The number of methoxy groups -OCH3 is 1. The van der Waals surface area contributed by atoms with Crippen molar-refractivity contribution >= 4 is 24.3 Å². The second-order valence-corrected chi connectivity index (χ2v) is 23.7. The van der Waals surface area contributed by atoms with Gasteiger partial charge in [-0.1, -0.05) is 123 Å². The van der Waals surface area contributed by atoms with Crippen LogP contribution in [0.15, 0.2) is 114 Å². The summed E-state index contributed by atoms with van der Waals surface area (Å²) in [4.78, 5) is 14.4. The van der Waals surface area contributed by atoms with E-state index in [9.17, 15) is 18.3 Å². The van der Waals surface area contributed by atoms with Gasteiger partial charge in [-0.3, -0.25) is 4.79 Å². The number of nitrogens with zero attached hydrogens (tertiary/aromatic N) is 1. The van der Waals surface area contributed by atoms with Crippen LogP contribution in [0.4, 0.5) is 0 Å². The highest BCUT2D eigenvalue weighted by atomic mass is 32.2. The van der Waals surface area contributed by atoms with Crippen molar-refractivity contribution in [2.45, 2.75) is 122 Å². The summed E-state index contributed by atoms with van der Waals surface area (Å²) in [7, 11) is -4.80. The molecular formula is C48H65NO8SSi. The lowest BCUT2D eigenvalue weighted by atomic mass is 9.98. The van der Waals surface area contributed by atoms with Gasteiger partial charge < -0.3 is 23.7 Å². The number of benzene rings is 4. The zero-order valence-electron chi connectivity index (χ0n) is 36.8. The fourth-order valence-electron chi connectivity index (χ4n) is 6.87. The van der Waals surface area contributed by atoms with Gasteiger partial charge in [-0.15, -0.1) is 0 Å². The van der Waals surface area contributed by atoms with Gasteiger partial charge in [0.05, 0.1) is 49.4 Å². The molecule has 0 spiro atoms. The molecule has 0 aliphatic heterocycles. The number of hydrogen-bond acceptors (Lipinski definition) is 8. The number of esters is 1. The molecule has 0 aliphatic carbocycles. The Kier molecular flexibility index (Phi) is 16.9. The Hall–Kier alpha value is -4.10. The predicted molar refractivity (Wildman–Crippen MR) is 238 cm³/mol. The van der Waals surface area contributed by atoms with Gasteiger partial charge in [-0.05, 0) is 92.7 Å². The molecule has 59 heavy (non-hydrogen) atoms. The van der Waals surface area contributed by atoms with Gasteiger partial charge in [0.15, 0.2) is 8.32 Å². The van der Waals surface area contributed by atoms with E-state index >= 15 is 0 Å². The molecule has 4 aromatic carbocycles. The summed E-state index contributed by atoms with van der Waals surface area (Å²) in [6.45, 7) is 20.5. The molecule has 0 aromatic heterocycles. The van der Waals surface area contributed by atoms with Crippen LogP contribution >= 0.6 is 0 Å². The predicted octanol–water partition coefficient (Wildman–Crippen LogP) is 10.0. The third-order valence-electron chi connectivity index (χ3n) is 11.3. The second-order valence-electron chi connectivity index (χ2n) is 17.1. The van der Waals surface area contributed by atoms with Crippen molar-refractivity contribution in [1.29, 1.82) is 0 Å². The molecule has 0 aliphatic rings. The van der Waals surface area contributed by atoms with Crippen molar-refractivity contribution < 1.29 is 37.0 Å². The zero-order valence-corrected chi connectivity index (χ0v) is 38.6. The molecule has 11 heteroatoms. The number of aliphatic hydroxyl groups is 1. The number of carbonyl (C=O) groups excluding carboxylic acids is 1. The van der Waals surface area contributed by atoms with Crippen molar-refractivity contribution in [2.24, 2.45) is 5.92 Å². The Bertz CT molecular complexity index is 2060. The van der Waals surface area contributed by atoms with Gasteiger partial charge in [-0.25, -0.2) is 8.42 Å². The van der Waals surface area contributed by atoms with Gasteiger partial charge in [0.1, 0.15) is 11.9 Å². The van der Waals surface area contributed by atoms with Crippen LogP contribution in [0.5, 0.6) is 5.75 Å². The van der Waals surface area contributed by atoms with Crippen LogP contribution in [-0.2, 0) is 41.9 Å². The van der Waals surface area contributed by atoms with Gasteiger partial charge >= 0.3 is 5.97 Å². The molecule has 0 fully saturated rings. The van der Waals surface area contributed by atoms with Crippen molar-refractivity contribution in [3.63, 3.8) is 0 Å². The molecule has 320 valence electrons. The van der Waals surface area contributed by atoms with Crippen molar-refractivity contribution in [3.05, 3.63) is 143 Å². The highest BCUT2D eigenvalue weighted by molar-refractivity contribution is 7.89. The first-order chi connectivity index (χ1) is 27.7. The van der Waals surface area contributed by atoms with Crippen LogP contribution in [-0.4, -0.2) is 64.1 Å². The van der Waals surface area contributed by atoms with E-state index < -0.39 is 54.6 Å². The number of ether oxygens (including phenoxy) is 3. The van der Waals surface area contributed by atoms with Crippen LogP contribution in [0.1, 0.15) is 80.5 Å². The lowest BCUT2D eigenvalue weighted by molar-refractivity contribution is -0.160. The largest absolute Gasteiger partial charge is 0.497 e. The van der Waals surface area contributed by atoms with E-state index in [1.54, 1.807) is 21.0 Å². The van der Waals surface area contributed by atoms with E-state index in [1.807, 2.05) is 130 Å². The maximum absolute atomic E-state index is 14.8. The van der Waals surface area contributed by atoms with Crippen LogP contribution in [0.2, 0.25) is 18.1 Å². The van der Waals surface area contributed by atoms with Crippen molar-refractivity contribution in [2.75, 3.05) is 13.7 Å². The molecule has 9 nitrogen and oxygen atoms in total. The summed E-state index contributed by atoms with van der Waals surface area (Å²) in [5, 5.41) is 11.6. The Morgan fingerprint density at radius 3 is 2.00 bits per heavy atom. The number of sulfonamides is 1. The Labute approximate surface area is 354 Å². The minimum absolute atomic E-state index is 0.0543. The quantitative estimate of drug-likeness (QED) is 0.0405. The molecule has 0 amide bonds. The van der Waals surface area contributed by atoms with E-state index in [1.165, 1.54) is 4.31 Å². The Morgan fingerprint density at radius 2 is 1.44 bits per heavy atom. The van der Waals surface area contributed by atoms with Crippen LogP contribution in [0, 0.1) is 26.7 Å². The fraction of sp³-hybridized carbons (Fsp3) is 0.438. The molecule has 4 aromatic rings. The third-order valence-corrected chi connectivity index (χ3v) is 18.0. The molecule has 0 heterocycles. The Balaban J connectivity index is 1.60. The molecule has 0 unspecified atom stereocenters. The standard InChI is InChI=1S/C48H65NO8SSi/c1-34-29-35(2)46(36(3)30-34)58(52,53)49(32-39-19-14-12-15-20-39)38(5)45(41-21-16-13-17-22-41)56-47(51)37(4)44(50)31-43(57-59(10,11)48(6,7)8)23-18-28-55-33-40-24-26-42(54-9)27-25-40/h12-27,29-30,37-38,43-45,50H,28,31-33H2,1-11H3/b23-18+/t37-,38+,43+,44-,45+/m1/s1. The average molecular weight is 844 g/mol. The van der Waals surface area contributed by atoms with Gasteiger partial charge in [-0.2, -0.15) is 4.31 Å². The summed E-state index contributed by atoms with van der Waals surface area (Å²) in [6, 6.07) is 29.2. The van der Waals surface area contributed by atoms with E-state index in [4.69, 9.17) is 18.6 Å². The van der Waals surface area contributed by atoms with E-state index in [-0.39, 0.29) is 22.9 Å². The number of aliphatic hydroxyl groups excluding tert-OH is 1. The van der Waals surface area contributed by atoms with Crippen LogP contribution < -0.4 is 4.74 Å². The minimum atomic E-state index is -4.12. The second kappa shape index (κ2) is 20.9. The van der Waals surface area contributed by atoms with Crippen molar-refractivity contribution in [3.8, 4) is 5.75 Å². The van der Waals surface area contributed by atoms with Crippen LogP contribution in [0.25, 0.3) is 0 Å². The maximum Gasteiger partial charge on any atom is 0.311 e. The Morgan fingerprint density at radius 1 is 0.864 bits per heavy atom. The third kappa shape index (κ3) is 12.9. The van der Waals surface area contributed by atoms with E-state index in [0.717, 1.165) is 22.4 Å². The monoisotopic (exact) mass is 843 g/mol. The van der Waals surface area contributed by atoms with Gasteiger partial charge in [0.2, 0.25) is 10.0 Å². The molecule has 0 saturated carbocycles. The topological polar surface area (TPSA) is 112 Å². The highest BCUT2D eigenvalue weighted by Gasteiger charge is 2.41. The van der Waals surface area contributed by atoms with Gasteiger partial charge in [0.25, 0.3) is 0 Å². The summed E-state index contributed by atoms with van der Waals surface area (Å²) >= 11 is 0. The normalized spacial score (nSPS) is 15.1. The average Bonchev–Trinajstić information content (AvgIpc) is 3.18. The molecule has 5 atom stereocenters. The molecule has 0 bridgehead atoms. The number of rotatable bonds is 20. The van der Waals surface area contributed by atoms with Gasteiger partial charge in [0, 0.05) is 13.0 Å². The summed E-state index contributed by atoms with van der Waals surface area (Å²) in [6.07, 6.45) is 1.32. The minimum Gasteiger partial charge on any atom is -0.497 e.